The second kappa shape index (κ2) is 88.9. The zero-order valence-corrected chi connectivity index (χ0v) is 26.0. The Kier molecular flexibility index (Phi) is 154. The van der Waals surface area contributed by atoms with E-state index in [1.807, 2.05) is 41.8 Å². The van der Waals surface area contributed by atoms with Gasteiger partial charge in [-0.3, -0.25) is 0 Å². The quantitative estimate of drug-likeness (QED) is 0.435. The maximum absolute atomic E-state index is 2.75. The molecule has 196 valence electrons. The van der Waals surface area contributed by atoms with Crippen LogP contribution in [0.25, 0.3) is 0 Å². The molecule has 0 saturated heterocycles. The van der Waals surface area contributed by atoms with E-state index in [4.69, 9.17) is 0 Å². The largest absolute Gasteiger partial charge is 0.323 e. The summed E-state index contributed by atoms with van der Waals surface area (Å²) in [5.74, 6) is 1.82. The Morgan fingerprint density at radius 3 is 0.567 bits per heavy atom. The van der Waals surface area contributed by atoms with Crippen LogP contribution in [0.5, 0.6) is 0 Å². The minimum atomic E-state index is 0.884. The topological polar surface area (TPSA) is 12.0 Å². The molecule has 1 heteroatoms. The molecule has 0 fully saturated rings. The van der Waals surface area contributed by atoms with Crippen LogP contribution in [0.4, 0.5) is 0 Å². The van der Waals surface area contributed by atoms with Gasteiger partial charge in [-0.15, -0.1) is 0 Å². The Hall–Kier alpha value is -0.0400. The number of rotatable bonds is 6. The lowest BCUT2D eigenvalue weighted by Gasteiger charge is -1.98. The van der Waals surface area contributed by atoms with Crippen molar-refractivity contribution in [1.82, 2.24) is 5.32 Å². The molecule has 30 heavy (non-hydrogen) atoms. The van der Waals surface area contributed by atoms with Gasteiger partial charge in [0.05, 0.1) is 0 Å². The van der Waals surface area contributed by atoms with Crippen molar-refractivity contribution in [3.63, 3.8) is 0 Å². The van der Waals surface area contributed by atoms with Gasteiger partial charge in [0.25, 0.3) is 0 Å². The molecule has 0 aliphatic heterocycles. The molecule has 0 aromatic heterocycles. The van der Waals surface area contributed by atoms with Crippen LogP contribution in [-0.4, -0.2) is 14.1 Å². The van der Waals surface area contributed by atoms with Gasteiger partial charge in [-0.2, -0.15) is 0 Å². The van der Waals surface area contributed by atoms with Gasteiger partial charge < -0.3 is 5.32 Å². The highest BCUT2D eigenvalue weighted by molar-refractivity contribution is 4.41. The molecule has 0 bridgehead atoms. The third-order valence-corrected chi connectivity index (χ3v) is 3.71. The Balaban J connectivity index is -0.0000000315. The minimum absolute atomic E-state index is 0.884. The lowest BCUT2D eigenvalue weighted by molar-refractivity contribution is 0.544. The SMILES string of the molecule is CC.CC.CCC(C)C.CCC(C)CC.CCCC.CCCC.CCCC.CNC. The van der Waals surface area contributed by atoms with Crippen LogP contribution in [0, 0.1) is 11.8 Å². The van der Waals surface area contributed by atoms with E-state index < -0.39 is 0 Å². The molecule has 0 radical (unpaired) electrons. The van der Waals surface area contributed by atoms with E-state index in [-0.39, 0.29) is 0 Å². The first-order valence-corrected chi connectivity index (χ1v) is 13.8. The summed E-state index contributed by atoms with van der Waals surface area (Å²) >= 11 is 0. The second-order valence-electron chi connectivity index (χ2n) is 7.22. The molecular formula is C29H75N. The molecule has 0 aromatic rings. The van der Waals surface area contributed by atoms with Gasteiger partial charge in [-0.1, -0.05) is 169 Å². The van der Waals surface area contributed by atoms with Gasteiger partial charge >= 0.3 is 0 Å². The fourth-order valence-corrected chi connectivity index (χ4v) is 0.289. The van der Waals surface area contributed by atoms with Gasteiger partial charge in [-0.25, -0.2) is 0 Å². The minimum Gasteiger partial charge on any atom is -0.323 e. The summed E-state index contributed by atoms with van der Waals surface area (Å²) in [4.78, 5) is 0. The number of hydrogen-bond acceptors (Lipinski definition) is 1. The normalized spacial score (nSPS) is 7.60. The Morgan fingerprint density at radius 1 is 0.433 bits per heavy atom. The summed E-state index contributed by atoms with van der Waals surface area (Å²) in [5.41, 5.74) is 0. The Morgan fingerprint density at radius 2 is 0.567 bits per heavy atom. The Labute approximate surface area is 200 Å². The number of unbranched alkanes of at least 4 members (excludes halogenated alkanes) is 3. The Bertz CT molecular complexity index is 113. The predicted octanol–water partition coefficient (Wildman–Crippen LogP) is 11.8. The van der Waals surface area contributed by atoms with Gasteiger partial charge in [0.2, 0.25) is 0 Å². The maximum atomic E-state index is 2.75. The average molecular weight is 438 g/mol. The molecule has 0 spiro atoms. The van der Waals surface area contributed by atoms with Crippen molar-refractivity contribution in [1.29, 1.82) is 0 Å². The summed E-state index contributed by atoms with van der Waals surface area (Å²) in [6.07, 6.45) is 11.9. The summed E-state index contributed by atoms with van der Waals surface area (Å²) < 4.78 is 0. The molecule has 0 aliphatic rings. The summed E-state index contributed by atoms with van der Waals surface area (Å²) in [6, 6.07) is 0. The summed E-state index contributed by atoms with van der Waals surface area (Å²) in [7, 11) is 3.75. The van der Waals surface area contributed by atoms with Crippen LogP contribution in [0.1, 0.15) is 169 Å². The standard InChI is InChI=1S/C6H14.C5H12.3C4H10.C2H7N.2C2H6/c1-4-6(3)5-2;1-4-5(2)3;3*1-3-4-2;1-3-2;2*1-2/h6H,4-5H2,1-3H3;5H,4H2,1-3H3;3*3-4H2,1-2H3;3H,1-2H3;2*1-2H3. The molecule has 1 N–H and O–H groups in total. The molecule has 0 saturated carbocycles. The van der Waals surface area contributed by atoms with Crippen LogP contribution < -0.4 is 5.32 Å². The first kappa shape index (κ1) is 52.1. The number of hydrogen-bond donors (Lipinski definition) is 1. The van der Waals surface area contributed by atoms with Crippen LogP contribution in [-0.2, 0) is 0 Å². The van der Waals surface area contributed by atoms with E-state index in [0.29, 0.717) is 0 Å². The molecule has 0 aliphatic carbocycles. The first-order valence-electron chi connectivity index (χ1n) is 13.8. The van der Waals surface area contributed by atoms with E-state index in [0.717, 1.165) is 11.8 Å². The van der Waals surface area contributed by atoms with Crippen molar-refractivity contribution in [2.75, 3.05) is 14.1 Å². The molecule has 0 rings (SSSR count). The van der Waals surface area contributed by atoms with E-state index in [2.05, 4.69) is 88.4 Å². The second-order valence-corrected chi connectivity index (χ2v) is 7.22. The van der Waals surface area contributed by atoms with E-state index >= 15 is 0 Å². The fraction of sp³-hybridized carbons (Fsp3) is 1.00. The van der Waals surface area contributed by atoms with Gasteiger partial charge in [-0.05, 0) is 25.9 Å². The summed E-state index contributed by atoms with van der Waals surface area (Å²) in [6.45, 7) is 34.5. The number of nitrogens with one attached hydrogen (secondary N) is 1. The molecule has 1 nitrogen and oxygen atoms in total. The monoisotopic (exact) mass is 438 g/mol. The van der Waals surface area contributed by atoms with Crippen LogP contribution >= 0.6 is 0 Å². The van der Waals surface area contributed by atoms with E-state index in [1.54, 1.807) is 0 Å². The molecular weight excluding hydrogens is 362 g/mol. The third kappa shape index (κ3) is 253. The highest BCUT2D eigenvalue weighted by Crippen LogP contribution is 2.02. The highest BCUT2D eigenvalue weighted by atomic mass is 14.7. The third-order valence-electron chi connectivity index (χ3n) is 3.71. The zero-order chi connectivity index (χ0) is 26.2. The van der Waals surface area contributed by atoms with Crippen LogP contribution in [0.15, 0.2) is 0 Å². The van der Waals surface area contributed by atoms with E-state index in [1.165, 1.54) is 57.8 Å². The zero-order valence-electron chi connectivity index (χ0n) is 26.0. The van der Waals surface area contributed by atoms with E-state index in [9.17, 15) is 0 Å². The smallest absolute Gasteiger partial charge is 0.0167 e. The first-order chi connectivity index (χ1) is 14.2. The molecule has 0 heterocycles. The summed E-state index contributed by atoms with van der Waals surface area (Å²) in [5, 5.41) is 2.75. The van der Waals surface area contributed by atoms with Gasteiger partial charge in [0.15, 0.2) is 0 Å². The lowest BCUT2D eigenvalue weighted by atomic mass is 10.1. The molecule has 0 atom stereocenters. The maximum Gasteiger partial charge on any atom is -0.0167 e. The highest BCUT2D eigenvalue weighted by Gasteiger charge is 1.88. The van der Waals surface area contributed by atoms with Crippen molar-refractivity contribution in [2.24, 2.45) is 11.8 Å². The average Bonchev–Trinajstić information content (AvgIpc) is 2.82. The molecule has 0 aromatic carbocycles. The van der Waals surface area contributed by atoms with Gasteiger partial charge in [0, 0.05) is 0 Å². The lowest BCUT2D eigenvalue weighted by Crippen LogP contribution is -1.89. The molecule has 0 amide bonds. The predicted molar refractivity (Wildman–Crippen MR) is 154 cm³/mol. The van der Waals surface area contributed by atoms with Gasteiger partial charge in [0.1, 0.15) is 0 Å². The van der Waals surface area contributed by atoms with Crippen molar-refractivity contribution in [3.05, 3.63) is 0 Å². The van der Waals surface area contributed by atoms with Crippen molar-refractivity contribution in [2.45, 2.75) is 169 Å². The van der Waals surface area contributed by atoms with Crippen LogP contribution in [0.3, 0.4) is 0 Å². The van der Waals surface area contributed by atoms with Crippen LogP contribution in [0.2, 0.25) is 0 Å². The molecule has 0 unspecified atom stereocenters. The van der Waals surface area contributed by atoms with Crippen molar-refractivity contribution < 1.29 is 0 Å². The van der Waals surface area contributed by atoms with Crippen molar-refractivity contribution >= 4 is 0 Å². The van der Waals surface area contributed by atoms with Crippen molar-refractivity contribution in [3.8, 4) is 0 Å². The fourth-order valence-electron chi connectivity index (χ4n) is 0.289.